The summed E-state index contributed by atoms with van der Waals surface area (Å²) in [5.41, 5.74) is 0.260. The van der Waals surface area contributed by atoms with E-state index in [1.165, 1.54) is 20.1 Å². The number of methoxy groups -OCH3 is 1. The Balaban J connectivity index is 2.11. The van der Waals surface area contributed by atoms with Crippen LogP contribution in [0, 0.1) is 12.7 Å². The SMILES string of the molecule is COc1cc(C)c(F)cc1[C@@H]1O[C@H](COP(=O)(O)OP(=O)(O)OP(=O)(O)O)C(O)C1O. The second kappa shape index (κ2) is 9.62. The number of aliphatic hydroxyl groups is 2. The minimum atomic E-state index is -5.72. The summed E-state index contributed by atoms with van der Waals surface area (Å²) < 4.78 is 69.6. The Hall–Kier alpha value is -0.760. The minimum absolute atomic E-state index is 0.0259. The average molecular weight is 512 g/mol. The Morgan fingerprint density at radius 1 is 1.03 bits per heavy atom. The van der Waals surface area contributed by atoms with Crippen LogP contribution >= 0.6 is 23.5 Å². The van der Waals surface area contributed by atoms with E-state index in [4.69, 9.17) is 24.2 Å². The van der Waals surface area contributed by atoms with Crippen LogP contribution in [-0.2, 0) is 31.6 Å². The standard InChI is InChI=1S/C13H20FO14P3/c1-6-3-9(24-2)7(4-8(6)14)13-12(16)11(15)10(26-13)5-25-30(20,21)28-31(22,23)27-29(17,18)19/h3-4,10-13,15-16H,5H2,1-2H3,(H,20,21)(H,22,23)(H2,17,18,19)/t10-,11?,12?,13+/m1/s1. The quantitative estimate of drug-likeness (QED) is 0.250. The maximum Gasteiger partial charge on any atom is 0.490 e. The van der Waals surface area contributed by atoms with Crippen LogP contribution in [0.3, 0.4) is 0 Å². The molecule has 1 aromatic carbocycles. The van der Waals surface area contributed by atoms with Crippen molar-refractivity contribution in [1.29, 1.82) is 0 Å². The van der Waals surface area contributed by atoms with Gasteiger partial charge in [0, 0.05) is 5.56 Å². The van der Waals surface area contributed by atoms with Crippen molar-refractivity contribution in [3.8, 4) is 5.75 Å². The lowest BCUT2D eigenvalue weighted by Gasteiger charge is -2.19. The van der Waals surface area contributed by atoms with Crippen molar-refractivity contribution in [1.82, 2.24) is 0 Å². The largest absolute Gasteiger partial charge is 0.496 e. The number of aliphatic hydroxyl groups excluding tert-OH is 2. The lowest BCUT2D eigenvalue weighted by molar-refractivity contribution is -0.0228. The first kappa shape index (κ1) is 26.5. The Bertz CT molecular complexity index is 950. The zero-order chi connectivity index (χ0) is 23.8. The molecule has 0 saturated carbocycles. The molecule has 31 heavy (non-hydrogen) atoms. The van der Waals surface area contributed by atoms with E-state index >= 15 is 0 Å². The molecule has 18 heteroatoms. The summed E-state index contributed by atoms with van der Waals surface area (Å²) >= 11 is 0. The molecule has 0 aliphatic carbocycles. The highest BCUT2D eigenvalue weighted by molar-refractivity contribution is 7.66. The Morgan fingerprint density at radius 3 is 2.19 bits per heavy atom. The van der Waals surface area contributed by atoms with Crippen LogP contribution in [0.15, 0.2) is 12.1 Å². The lowest BCUT2D eigenvalue weighted by Crippen LogP contribution is -2.33. The predicted octanol–water partition coefficient (Wildman–Crippen LogP) is 0.648. The van der Waals surface area contributed by atoms with Gasteiger partial charge in [-0.15, -0.1) is 0 Å². The number of phosphoric ester groups is 1. The molecule has 0 aromatic heterocycles. The number of benzene rings is 1. The van der Waals surface area contributed by atoms with Crippen LogP contribution in [0.2, 0.25) is 0 Å². The molecule has 178 valence electrons. The average Bonchev–Trinajstić information content (AvgIpc) is 2.87. The van der Waals surface area contributed by atoms with Crippen molar-refractivity contribution in [3.63, 3.8) is 0 Å². The predicted molar refractivity (Wildman–Crippen MR) is 97.1 cm³/mol. The molecule has 0 spiro atoms. The van der Waals surface area contributed by atoms with Crippen LogP contribution in [0.25, 0.3) is 0 Å². The maximum absolute atomic E-state index is 14.0. The van der Waals surface area contributed by atoms with Crippen LogP contribution in [0.4, 0.5) is 4.39 Å². The van der Waals surface area contributed by atoms with E-state index < -0.39 is 60.3 Å². The number of ether oxygens (including phenoxy) is 2. The fourth-order valence-electron chi connectivity index (χ4n) is 2.68. The molecular formula is C13H20FO14P3. The van der Waals surface area contributed by atoms with Gasteiger partial charge in [0.2, 0.25) is 0 Å². The molecule has 1 fully saturated rings. The summed E-state index contributed by atoms with van der Waals surface area (Å²) in [4.78, 5) is 35.5. The zero-order valence-corrected chi connectivity index (χ0v) is 18.5. The molecule has 1 heterocycles. The van der Waals surface area contributed by atoms with Crippen LogP contribution in [-0.4, -0.2) is 61.8 Å². The Labute approximate surface area is 174 Å². The van der Waals surface area contributed by atoms with E-state index in [1.54, 1.807) is 0 Å². The second-order valence-electron chi connectivity index (χ2n) is 6.31. The summed E-state index contributed by atoms with van der Waals surface area (Å²) in [6.07, 6.45) is -6.20. The van der Waals surface area contributed by atoms with Crippen LogP contribution in [0.5, 0.6) is 5.75 Å². The van der Waals surface area contributed by atoms with E-state index in [1.807, 2.05) is 0 Å². The minimum Gasteiger partial charge on any atom is -0.496 e. The van der Waals surface area contributed by atoms with Crippen molar-refractivity contribution in [3.05, 3.63) is 29.1 Å². The molecule has 4 unspecified atom stereocenters. The van der Waals surface area contributed by atoms with Gasteiger partial charge in [0.25, 0.3) is 0 Å². The smallest absolute Gasteiger partial charge is 0.490 e. The van der Waals surface area contributed by atoms with Gasteiger partial charge in [0.15, 0.2) is 0 Å². The molecule has 2 rings (SSSR count). The number of rotatable bonds is 9. The number of aryl methyl sites for hydroxylation is 1. The van der Waals surface area contributed by atoms with Crippen molar-refractivity contribution in [2.75, 3.05) is 13.7 Å². The first-order chi connectivity index (χ1) is 14.1. The maximum atomic E-state index is 14.0. The Kier molecular flexibility index (Phi) is 8.22. The number of halogens is 1. The second-order valence-corrected chi connectivity index (χ2v) is 10.7. The normalized spacial score (nSPS) is 28.2. The van der Waals surface area contributed by atoms with Gasteiger partial charge in [-0.2, -0.15) is 8.62 Å². The molecule has 6 atom stereocenters. The molecule has 0 bridgehead atoms. The summed E-state index contributed by atoms with van der Waals surface area (Å²) in [5.74, 6) is -0.526. The third-order valence-corrected chi connectivity index (χ3v) is 7.80. The molecule has 1 aliphatic heterocycles. The number of hydrogen-bond donors (Lipinski definition) is 6. The van der Waals surface area contributed by atoms with Gasteiger partial charge in [0.05, 0.1) is 13.7 Å². The molecular weight excluding hydrogens is 492 g/mol. The van der Waals surface area contributed by atoms with Crippen LogP contribution in [0.1, 0.15) is 17.2 Å². The summed E-state index contributed by atoms with van der Waals surface area (Å²) in [5, 5.41) is 20.4. The van der Waals surface area contributed by atoms with Crippen LogP contribution < -0.4 is 4.74 Å². The lowest BCUT2D eigenvalue weighted by atomic mass is 9.99. The number of phosphoric acid groups is 3. The fraction of sp³-hybridized carbons (Fsp3) is 0.538. The molecule has 0 amide bonds. The van der Waals surface area contributed by atoms with Gasteiger partial charge >= 0.3 is 23.5 Å². The van der Waals surface area contributed by atoms with E-state index in [0.717, 1.165) is 6.07 Å². The van der Waals surface area contributed by atoms with Crippen molar-refractivity contribution < 1.29 is 70.5 Å². The molecule has 14 nitrogen and oxygen atoms in total. The molecule has 1 saturated heterocycles. The topological polar surface area (TPSA) is 219 Å². The van der Waals surface area contributed by atoms with Gasteiger partial charge in [-0.05, 0) is 24.6 Å². The van der Waals surface area contributed by atoms with E-state index in [2.05, 4.69) is 13.1 Å². The fourth-order valence-corrected chi connectivity index (χ4v) is 5.71. The molecule has 1 aromatic rings. The zero-order valence-electron chi connectivity index (χ0n) is 15.8. The summed E-state index contributed by atoms with van der Waals surface area (Å²) in [6, 6.07) is 2.34. The molecule has 1 aliphatic rings. The first-order valence-electron chi connectivity index (χ1n) is 8.19. The van der Waals surface area contributed by atoms with E-state index in [0.29, 0.717) is 0 Å². The first-order valence-corrected chi connectivity index (χ1v) is 12.7. The van der Waals surface area contributed by atoms with Gasteiger partial charge in [0.1, 0.15) is 36.0 Å². The third-order valence-electron chi connectivity index (χ3n) is 4.00. The number of hydrogen-bond acceptors (Lipinski definition) is 10. The molecule has 0 radical (unpaired) electrons. The van der Waals surface area contributed by atoms with Gasteiger partial charge in [-0.25, -0.2) is 18.1 Å². The highest BCUT2D eigenvalue weighted by Crippen LogP contribution is 2.66. The van der Waals surface area contributed by atoms with Gasteiger partial charge < -0.3 is 39.3 Å². The Morgan fingerprint density at radius 2 is 1.65 bits per heavy atom. The van der Waals surface area contributed by atoms with E-state index in [9.17, 15) is 33.2 Å². The third kappa shape index (κ3) is 7.11. The van der Waals surface area contributed by atoms with Crippen molar-refractivity contribution >= 4 is 23.5 Å². The highest BCUT2D eigenvalue weighted by Gasteiger charge is 2.47. The van der Waals surface area contributed by atoms with E-state index in [-0.39, 0.29) is 16.9 Å². The molecule has 6 N–H and O–H groups in total. The van der Waals surface area contributed by atoms with Gasteiger partial charge in [-0.1, -0.05) is 0 Å². The van der Waals surface area contributed by atoms with Crippen molar-refractivity contribution in [2.24, 2.45) is 0 Å². The highest BCUT2D eigenvalue weighted by atomic mass is 31.3. The van der Waals surface area contributed by atoms with Gasteiger partial charge in [-0.3, -0.25) is 4.52 Å². The summed E-state index contributed by atoms with van der Waals surface area (Å²) in [6.45, 7) is 0.475. The van der Waals surface area contributed by atoms with Crippen molar-refractivity contribution in [2.45, 2.75) is 31.3 Å². The summed E-state index contributed by atoms with van der Waals surface area (Å²) in [7, 11) is -15.5. The monoisotopic (exact) mass is 512 g/mol.